The number of carboxylic acid groups (broad SMARTS) is 1. The molecule has 0 heterocycles. The summed E-state index contributed by atoms with van der Waals surface area (Å²) in [5.74, 6) is 0.715. The van der Waals surface area contributed by atoms with Crippen LogP contribution in [0.1, 0.15) is 0 Å². The van der Waals surface area contributed by atoms with Crippen molar-refractivity contribution in [3.63, 3.8) is 0 Å². The number of nitrogens with one attached hydrogen (secondary N) is 2. The number of para-hydroxylation sites is 2. The van der Waals surface area contributed by atoms with E-state index >= 15 is 0 Å². The van der Waals surface area contributed by atoms with Gasteiger partial charge in [0.2, 0.25) is 0 Å². The van der Waals surface area contributed by atoms with E-state index in [2.05, 4.69) is 10.6 Å². The van der Waals surface area contributed by atoms with Crippen LogP contribution in [0.15, 0.2) is 24.3 Å². The molecule has 0 bridgehead atoms. The molecule has 0 aliphatic heterocycles. The molecule has 5 heteroatoms. The van der Waals surface area contributed by atoms with E-state index in [4.69, 9.17) is 9.84 Å². The monoisotopic (exact) mass is 210 g/mol. The van der Waals surface area contributed by atoms with E-state index in [1.165, 1.54) is 0 Å². The van der Waals surface area contributed by atoms with Gasteiger partial charge in [-0.1, -0.05) is 12.1 Å². The SMILES string of the molecule is CNc1ccccc1OCCNC(=O)O. The highest BCUT2D eigenvalue weighted by Gasteiger charge is 2.00. The first-order chi connectivity index (χ1) is 7.24. The van der Waals surface area contributed by atoms with Crippen molar-refractivity contribution in [2.75, 3.05) is 25.5 Å². The molecule has 0 unspecified atom stereocenters. The third kappa shape index (κ3) is 3.76. The summed E-state index contributed by atoms with van der Waals surface area (Å²) in [6.45, 7) is 0.582. The number of ether oxygens (including phenoxy) is 1. The first kappa shape index (κ1) is 11.2. The van der Waals surface area contributed by atoms with Crippen LogP contribution in [0.2, 0.25) is 0 Å². The van der Waals surface area contributed by atoms with Gasteiger partial charge in [-0.05, 0) is 12.1 Å². The molecule has 1 amide bonds. The predicted octanol–water partition coefficient (Wildman–Crippen LogP) is 1.37. The second-order valence-electron chi connectivity index (χ2n) is 2.83. The lowest BCUT2D eigenvalue weighted by molar-refractivity contribution is 0.191. The second-order valence-corrected chi connectivity index (χ2v) is 2.83. The third-order valence-corrected chi connectivity index (χ3v) is 1.79. The molecular weight excluding hydrogens is 196 g/mol. The van der Waals surface area contributed by atoms with Crippen molar-refractivity contribution in [1.82, 2.24) is 5.32 Å². The quantitative estimate of drug-likeness (QED) is 0.642. The Balaban J connectivity index is 2.39. The maximum absolute atomic E-state index is 10.2. The van der Waals surface area contributed by atoms with Crippen molar-refractivity contribution < 1.29 is 14.6 Å². The van der Waals surface area contributed by atoms with E-state index < -0.39 is 6.09 Å². The molecule has 0 atom stereocenters. The van der Waals surface area contributed by atoms with Gasteiger partial charge in [0.15, 0.2) is 0 Å². The Hall–Kier alpha value is -1.91. The first-order valence-electron chi connectivity index (χ1n) is 4.60. The van der Waals surface area contributed by atoms with Gasteiger partial charge in [-0.3, -0.25) is 0 Å². The molecule has 0 aliphatic carbocycles. The zero-order chi connectivity index (χ0) is 11.1. The third-order valence-electron chi connectivity index (χ3n) is 1.79. The largest absolute Gasteiger partial charge is 0.490 e. The lowest BCUT2D eigenvalue weighted by Gasteiger charge is -2.10. The summed E-state index contributed by atoms with van der Waals surface area (Å²) in [5.41, 5.74) is 0.882. The molecule has 0 aliphatic rings. The molecular formula is C10H14N2O3. The second kappa shape index (κ2) is 5.74. The van der Waals surface area contributed by atoms with Crippen LogP contribution in [0, 0.1) is 0 Å². The molecule has 5 nitrogen and oxygen atoms in total. The highest BCUT2D eigenvalue weighted by atomic mass is 16.5. The van der Waals surface area contributed by atoms with Crippen LogP contribution in [0.4, 0.5) is 10.5 Å². The van der Waals surface area contributed by atoms with Gasteiger partial charge in [-0.15, -0.1) is 0 Å². The molecule has 0 spiro atoms. The zero-order valence-corrected chi connectivity index (χ0v) is 8.49. The summed E-state index contributed by atoms with van der Waals surface area (Å²) >= 11 is 0. The van der Waals surface area contributed by atoms with Gasteiger partial charge in [0.05, 0.1) is 12.2 Å². The van der Waals surface area contributed by atoms with Crippen molar-refractivity contribution in [2.45, 2.75) is 0 Å². The van der Waals surface area contributed by atoms with Crippen LogP contribution in [0.3, 0.4) is 0 Å². The van der Waals surface area contributed by atoms with Crippen molar-refractivity contribution in [2.24, 2.45) is 0 Å². The average molecular weight is 210 g/mol. The highest BCUT2D eigenvalue weighted by molar-refractivity contribution is 5.64. The Morgan fingerprint density at radius 3 is 2.87 bits per heavy atom. The minimum atomic E-state index is -1.04. The van der Waals surface area contributed by atoms with Gasteiger partial charge >= 0.3 is 6.09 Å². The van der Waals surface area contributed by atoms with Crippen molar-refractivity contribution >= 4 is 11.8 Å². The van der Waals surface area contributed by atoms with Gasteiger partial charge in [-0.25, -0.2) is 4.79 Å². The lowest BCUT2D eigenvalue weighted by Crippen LogP contribution is -2.26. The van der Waals surface area contributed by atoms with E-state index in [1.54, 1.807) is 7.05 Å². The topological polar surface area (TPSA) is 70.6 Å². The van der Waals surface area contributed by atoms with Gasteiger partial charge in [-0.2, -0.15) is 0 Å². The van der Waals surface area contributed by atoms with Crippen LogP contribution >= 0.6 is 0 Å². The van der Waals surface area contributed by atoms with Crippen molar-refractivity contribution in [3.05, 3.63) is 24.3 Å². The zero-order valence-electron chi connectivity index (χ0n) is 8.49. The summed E-state index contributed by atoms with van der Waals surface area (Å²) < 4.78 is 5.39. The number of hydrogen-bond donors (Lipinski definition) is 3. The summed E-state index contributed by atoms with van der Waals surface area (Å²) in [5, 5.41) is 13.5. The Morgan fingerprint density at radius 2 is 2.20 bits per heavy atom. The maximum atomic E-state index is 10.2. The predicted molar refractivity (Wildman–Crippen MR) is 57.5 cm³/mol. The fraction of sp³-hybridized carbons (Fsp3) is 0.300. The number of benzene rings is 1. The molecule has 3 N–H and O–H groups in total. The minimum absolute atomic E-state index is 0.271. The normalized spacial score (nSPS) is 9.40. The Morgan fingerprint density at radius 1 is 1.47 bits per heavy atom. The number of anilines is 1. The highest BCUT2D eigenvalue weighted by Crippen LogP contribution is 2.22. The standard InChI is InChI=1S/C10H14N2O3/c1-11-8-4-2-3-5-9(8)15-7-6-12-10(13)14/h2-5,11-12H,6-7H2,1H3,(H,13,14). The van der Waals surface area contributed by atoms with E-state index in [1.807, 2.05) is 24.3 Å². The Kier molecular flexibility index (Phi) is 4.28. The molecule has 0 saturated heterocycles. The molecule has 0 fully saturated rings. The molecule has 0 saturated carbocycles. The van der Waals surface area contributed by atoms with Crippen LogP contribution in [0.5, 0.6) is 5.75 Å². The Bertz CT molecular complexity index is 328. The molecule has 0 radical (unpaired) electrons. The molecule has 1 aromatic rings. The fourth-order valence-corrected chi connectivity index (χ4v) is 1.12. The van der Waals surface area contributed by atoms with Crippen LogP contribution in [0.25, 0.3) is 0 Å². The van der Waals surface area contributed by atoms with E-state index in [9.17, 15) is 4.79 Å². The van der Waals surface area contributed by atoms with Crippen LogP contribution < -0.4 is 15.4 Å². The van der Waals surface area contributed by atoms with E-state index in [-0.39, 0.29) is 6.54 Å². The van der Waals surface area contributed by atoms with Crippen LogP contribution in [-0.4, -0.2) is 31.4 Å². The molecule has 82 valence electrons. The first-order valence-corrected chi connectivity index (χ1v) is 4.60. The number of carbonyl (C=O) groups is 1. The number of amides is 1. The summed E-state index contributed by atoms with van der Waals surface area (Å²) in [7, 11) is 1.80. The average Bonchev–Trinajstić information content (AvgIpc) is 2.24. The minimum Gasteiger partial charge on any atom is -0.490 e. The van der Waals surface area contributed by atoms with Crippen molar-refractivity contribution in [1.29, 1.82) is 0 Å². The van der Waals surface area contributed by atoms with Gasteiger partial charge < -0.3 is 20.5 Å². The van der Waals surface area contributed by atoms with Crippen molar-refractivity contribution in [3.8, 4) is 5.75 Å². The van der Waals surface area contributed by atoms with E-state index in [0.29, 0.717) is 12.4 Å². The molecule has 0 aromatic heterocycles. The molecule has 15 heavy (non-hydrogen) atoms. The molecule has 1 aromatic carbocycles. The Labute approximate surface area is 88.1 Å². The molecule has 1 rings (SSSR count). The van der Waals surface area contributed by atoms with Gasteiger partial charge in [0.25, 0.3) is 0 Å². The number of rotatable bonds is 5. The number of hydrogen-bond acceptors (Lipinski definition) is 3. The van der Waals surface area contributed by atoms with Gasteiger partial charge in [0, 0.05) is 7.05 Å². The lowest BCUT2D eigenvalue weighted by atomic mass is 10.3. The smallest absolute Gasteiger partial charge is 0.404 e. The van der Waals surface area contributed by atoms with Gasteiger partial charge in [0.1, 0.15) is 12.4 Å². The fourth-order valence-electron chi connectivity index (χ4n) is 1.12. The summed E-state index contributed by atoms with van der Waals surface area (Å²) in [6, 6.07) is 7.47. The van der Waals surface area contributed by atoms with E-state index in [0.717, 1.165) is 5.69 Å². The maximum Gasteiger partial charge on any atom is 0.404 e. The summed E-state index contributed by atoms with van der Waals surface area (Å²) in [4.78, 5) is 10.2. The van der Waals surface area contributed by atoms with Crippen LogP contribution in [-0.2, 0) is 0 Å². The summed E-state index contributed by atoms with van der Waals surface area (Å²) in [6.07, 6.45) is -1.04.